The quantitative estimate of drug-likeness (QED) is 0.817. The first kappa shape index (κ1) is 17.3. The van der Waals surface area contributed by atoms with Gasteiger partial charge in [0.05, 0.1) is 7.11 Å². The zero-order chi connectivity index (χ0) is 17.5. The van der Waals surface area contributed by atoms with Crippen LogP contribution < -0.4 is 20.5 Å². The van der Waals surface area contributed by atoms with Crippen molar-refractivity contribution in [3.8, 4) is 11.5 Å². The Morgan fingerprint density at radius 3 is 2.38 bits per heavy atom. The van der Waals surface area contributed by atoms with E-state index in [2.05, 4.69) is 5.32 Å². The van der Waals surface area contributed by atoms with Crippen molar-refractivity contribution in [3.63, 3.8) is 0 Å². The number of anilines is 1. The Morgan fingerprint density at radius 2 is 1.79 bits per heavy atom. The second-order valence-electron chi connectivity index (χ2n) is 5.12. The molecular weight excluding hydrogens is 308 g/mol. The maximum atomic E-state index is 12.4. The van der Waals surface area contributed by atoms with Gasteiger partial charge < -0.3 is 20.5 Å². The summed E-state index contributed by atoms with van der Waals surface area (Å²) in [5.41, 5.74) is 6.06. The lowest BCUT2D eigenvalue weighted by atomic mass is 10.2. The Kier molecular flexibility index (Phi) is 5.78. The predicted octanol–water partition coefficient (Wildman–Crippen LogP) is 2.59. The van der Waals surface area contributed by atoms with Crippen LogP contribution in [0.2, 0.25) is 0 Å². The van der Waals surface area contributed by atoms with Crippen molar-refractivity contribution in [2.45, 2.75) is 19.4 Å². The van der Waals surface area contributed by atoms with E-state index < -0.39 is 12.0 Å². The number of ether oxygens (including phenoxy) is 2. The second kappa shape index (κ2) is 8.01. The highest BCUT2D eigenvalue weighted by atomic mass is 16.5. The Labute approximate surface area is 140 Å². The molecule has 1 atom stereocenters. The number of primary amides is 1. The second-order valence-corrected chi connectivity index (χ2v) is 5.12. The molecule has 2 aromatic carbocycles. The van der Waals surface area contributed by atoms with E-state index >= 15 is 0 Å². The molecule has 6 nitrogen and oxygen atoms in total. The lowest BCUT2D eigenvalue weighted by molar-refractivity contribution is -0.122. The summed E-state index contributed by atoms with van der Waals surface area (Å²) in [7, 11) is 1.58. The van der Waals surface area contributed by atoms with Crippen LogP contribution in [0.3, 0.4) is 0 Å². The summed E-state index contributed by atoms with van der Waals surface area (Å²) < 4.78 is 10.8. The number of hydrogen-bond acceptors (Lipinski definition) is 4. The van der Waals surface area contributed by atoms with Crippen LogP contribution in [0.25, 0.3) is 0 Å². The van der Waals surface area contributed by atoms with Gasteiger partial charge in [-0.15, -0.1) is 0 Å². The Balaban J connectivity index is 2.05. The molecule has 2 aromatic rings. The van der Waals surface area contributed by atoms with E-state index in [9.17, 15) is 9.59 Å². The Hall–Kier alpha value is -3.02. The molecule has 0 saturated carbocycles. The standard InChI is InChI=1S/C18H20N2O4/c1-3-16(24-15-9-7-14(23-2)8-10-15)18(22)20-13-6-4-5-12(11-13)17(19)21/h4-11,16H,3H2,1-2H3,(H2,19,21)(H,20,22). The lowest BCUT2D eigenvalue weighted by Gasteiger charge is -2.17. The number of nitrogens with two attached hydrogens (primary N) is 1. The first-order valence-electron chi connectivity index (χ1n) is 7.55. The van der Waals surface area contributed by atoms with Crippen LogP contribution in [0, 0.1) is 0 Å². The van der Waals surface area contributed by atoms with Crippen LogP contribution in [0.1, 0.15) is 23.7 Å². The first-order chi connectivity index (χ1) is 11.5. The van der Waals surface area contributed by atoms with Crippen molar-refractivity contribution >= 4 is 17.5 Å². The summed E-state index contributed by atoms with van der Waals surface area (Å²) in [6, 6.07) is 13.5. The van der Waals surface area contributed by atoms with E-state index in [1.165, 1.54) is 6.07 Å². The number of rotatable bonds is 7. The van der Waals surface area contributed by atoms with Crippen molar-refractivity contribution in [1.82, 2.24) is 0 Å². The first-order valence-corrected chi connectivity index (χ1v) is 7.55. The smallest absolute Gasteiger partial charge is 0.265 e. The highest BCUT2D eigenvalue weighted by molar-refractivity contribution is 5.97. The molecule has 0 aliphatic heterocycles. The van der Waals surface area contributed by atoms with Gasteiger partial charge in [-0.1, -0.05) is 13.0 Å². The molecule has 1 unspecified atom stereocenters. The number of methoxy groups -OCH3 is 1. The molecule has 0 heterocycles. The van der Waals surface area contributed by atoms with Crippen LogP contribution in [-0.4, -0.2) is 25.0 Å². The van der Waals surface area contributed by atoms with Gasteiger partial charge in [-0.2, -0.15) is 0 Å². The topological polar surface area (TPSA) is 90.7 Å². The third kappa shape index (κ3) is 4.49. The minimum absolute atomic E-state index is 0.296. The summed E-state index contributed by atoms with van der Waals surface area (Å²) in [5, 5.41) is 2.73. The van der Waals surface area contributed by atoms with Crippen LogP contribution in [-0.2, 0) is 4.79 Å². The number of hydrogen-bond donors (Lipinski definition) is 2. The molecule has 0 radical (unpaired) electrons. The van der Waals surface area contributed by atoms with Gasteiger partial charge >= 0.3 is 0 Å². The van der Waals surface area contributed by atoms with Crippen LogP contribution in [0.4, 0.5) is 5.69 Å². The van der Waals surface area contributed by atoms with Crippen molar-refractivity contribution < 1.29 is 19.1 Å². The van der Waals surface area contributed by atoms with Crippen molar-refractivity contribution in [2.75, 3.05) is 12.4 Å². The van der Waals surface area contributed by atoms with E-state index in [0.717, 1.165) is 0 Å². The van der Waals surface area contributed by atoms with Crippen molar-refractivity contribution in [2.24, 2.45) is 5.73 Å². The summed E-state index contributed by atoms with van der Waals surface area (Å²) in [5.74, 6) is 0.439. The molecule has 0 aromatic heterocycles. The molecule has 2 amide bonds. The van der Waals surface area contributed by atoms with Gasteiger partial charge in [0.1, 0.15) is 11.5 Å². The number of benzene rings is 2. The van der Waals surface area contributed by atoms with Gasteiger partial charge in [0.25, 0.3) is 5.91 Å². The largest absolute Gasteiger partial charge is 0.497 e. The maximum Gasteiger partial charge on any atom is 0.265 e. The van der Waals surface area contributed by atoms with E-state index in [0.29, 0.717) is 29.2 Å². The average Bonchev–Trinajstić information content (AvgIpc) is 2.60. The SMILES string of the molecule is CCC(Oc1ccc(OC)cc1)C(=O)Nc1cccc(C(N)=O)c1. The third-order valence-corrected chi connectivity index (χ3v) is 3.42. The Morgan fingerprint density at radius 1 is 1.12 bits per heavy atom. The lowest BCUT2D eigenvalue weighted by Crippen LogP contribution is -2.32. The summed E-state index contributed by atoms with van der Waals surface area (Å²) in [6.07, 6.45) is -0.163. The van der Waals surface area contributed by atoms with Crippen LogP contribution >= 0.6 is 0 Å². The molecule has 2 rings (SSSR count). The van der Waals surface area contributed by atoms with E-state index in [1.54, 1.807) is 49.6 Å². The molecular formula is C18H20N2O4. The number of carbonyl (C=O) groups excluding carboxylic acids is 2. The molecule has 3 N–H and O–H groups in total. The van der Waals surface area contributed by atoms with Gasteiger partial charge in [-0.05, 0) is 48.9 Å². The molecule has 24 heavy (non-hydrogen) atoms. The zero-order valence-electron chi connectivity index (χ0n) is 13.6. The van der Waals surface area contributed by atoms with Gasteiger partial charge in [-0.25, -0.2) is 0 Å². The molecule has 0 bridgehead atoms. The van der Waals surface area contributed by atoms with Crippen molar-refractivity contribution in [3.05, 3.63) is 54.1 Å². The molecule has 0 aliphatic carbocycles. The molecule has 0 fully saturated rings. The van der Waals surface area contributed by atoms with Gasteiger partial charge in [0.15, 0.2) is 6.10 Å². The summed E-state index contributed by atoms with van der Waals surface area (Å²) in [6.45, 7) is 1.85. The minimum atomic E-state index is -0.657. The highest BCUT2D eigenvalue weighted by Crippen LogP contribution is 2.19. The van der Waals surface area contributed by atoms with Crippen LogP contribution in [0.5, 0.6) is 11.5 Å². The monoisotopic (exact) mass is 328 g/mol. The molecule has 6 heteroatoms. The van der Waals surface area contributed by atoms with E-state index in [1.807, 2.05) is 6.92 Å². The van der Waals surface area contributed by atoms with Crippen molar-refractivity contribution in [1.29, 1.82) is 0 Å². The fourth-order valence-electron chi connectivity index (χ4n) is 2.11. The number of amides is 2. The third-order valence-electron chi connectivity index (χ3n) is 3.42. The highest BCUT2D eigenvalue weighted by Gasteiger charge is 2.19. The fraction of sp³-hybridized carbons (Fsp3) is 0.222. The van der Waals surface area contributed by atoms with Gasteiger partial charge in [0, 0.05) is 11.3 Å². The molecule has 0 saturated heterocycles. The number of carbonyl (C=O) groups is 2. The van der Waals surface area contributed by atoms with Gasteiger partial charge in [0.2, 0.25) is 5.91 Å². The predicted molar refractivity (Wildman–Crippen MR) is 91.3 cm³/mol. The molecule has 0 aliphatic rings. The summed E-state index contributed by atoms with van der Waals surface area (Å²) in [4.78, 5) is 23.6. The van der Waals surface area contributed by atoms with Crippen LogP contribution in [0.15, 0.2) is 48.5 Å². The van der Waals surface area contributed by atoms with E-state index in [4.69, 9.17) is 15.2 Å². The zero-order valence-corrected chi connectivity index (χ0v) is 13.6. The summed E-state index contributed by atoms with van der Waals surface area (Å²) >= 11 is 0. The van der Waals surface area contributed by atoms with Gasteiger partial charge in [-0.3, -0.25) is 9.59 Å². The fourth-order valence-corrected chi connectivity index (χ4v) is 2.11. The average molecular weight is 328 g/mol. The molecule has 0 spiro atoms. The van der Waals surface area contributed by atoms with E-state index in [-0.39, 0.29) is 5.91 Å². The normalized spacial score (nSPS) is 11.4. The minimum Gasteiger partial charge on any atom is -0.497 e. The Bertz CT molecular complexity index is 713. The number of nitrogens with one attached hydrogen (secondary N) is 1. The molecule has 126 valence electrons. The maximum absolute atomic E-state index is 12.4.